The first-order chi connectivity index (χ1) is 21.5. The number of ether oxygens (including phenoxy) is 1. The van der Waals surface area contributed by atoms with Crippen LogP contribution in [0, 0.1) is 5.82 Å². The Kier molecular flexibility index (Phi) is 8.88. The first kappa shape index (κ1) is 31.8. The number of amides is 1. The molecular formula is C33H46FN7O4. The average molecular weight is 624 g/mol. The quantitative estimate of drug-likeness (QED) is 0.391. The van der Waals surface area contributed by atoms with Crippen molar-refractivity contribution in [3.05, 3.63) is 63.5 Å². The molecule has 2 fully saturated rings. The van der Waals surface area contributed by atoms with E-state index in [-0.39, 0.29) is 42.6 Å². The highest BCUT2D eigenvalue weighted by Gasteiger charge is 2.43. The summed E-state index contributed by atoms with van der Waals surface area (Å²) in [6, 6.07) is 8.51. The minimum atomic E-state index is -0.531. The topological polar surface area (TPSA) is 108 Å². The smallest absolute Gasteiger partial charge is 0.351 e. The Morgan fingerprint density at radius 2 is 1.98 bits per heavy atom. The first-order valence-corrected chi connectivity index (χ1v) is 16.1. The van der Waals surface area contributed by atoms with Crippen molar-refractivity contribution in [2.45, 2.75) is 70.6 Å². The molecular weight excluding hydrogens is 577 g/mol. The lowest BCUT2D eigenvalue weighted by Gasteiger charge is -2.43. The van der Waals surface area contributed by atoms with Crippen molar-refractivity contribution in [3.63, 3.8) is 0 Å². The second kappa shape index (κ2) is 12.6. The summed E-state index contributed by atoms with van der Waals surface area (Å²) in [6.45, 7) is 15.4. The van der Waals surface area contributed by atoms with Crippen LogP contribution < -0.4 is 15.9 Å². The Balaban J connectivity index is 1.37. The number of rotatable bonds is 8. The first-order valence-electron chi connectivity index (χ1n) is 16.1. The summed E-state index contributed by atoms with van der Waals surface area (Å²) in [6.07, 6.45) is 0.401. The van der Waals surface area contributed by atoms with Crippen molar-refractivity contribution in [2.75, 3.05) is 64.0 Å². The van der Waals surface area contributed by atoms with Crippen molar-refractivity contribution < 1.29 is 19.0 Å². The third-order valence-electron chi connectivity index (χ3n) is 9.66. The fourth-order valence-corrected chi connectivity index (χ4v) is 7.12. The normalized spacial score (nSPS) is 24.7. The van der Waals surface area contributed by atoms with Crippen LogP contribution in [0.15, 0.2) is 35.1 Å². The number of halogens is 1. The summed E-state index contributed by atoms with van der Waals surface area (Å²) in [7, 11) is 0. The zero-order chi connectivity index (χ0) is 32.0. The molecule has 1 amide bonds. The minimum Gasteiger partial charge on any atom is -0.394 e. The SMILES string of the molecule is C[C@@H]1CN(CC(=O)N2CC(C)(C)c3c2cc(Cc2ccc(F)cc2)c2nn([C@@H](C)CO)c(=O)n32)[C@@H](CN2CCOC[C@H]2C)CN1. The lowest BCUT2D eigenvalue weighted by molar-refractivity contribution is -0.121. The summed E-state index contributed by atoms with van der Waals surface area (Å²) in [4.78, 5) is 34.8. The average Bonchev–Trinajstić information content (AvgIpc) is 3.49. The van der Waals surface area contributed by atoms with Crippen LogP contribution in [-0.2, 0) is 21.4 Å². The van der Waals surface area contributed by atoms with E-state index < -0.39 is 11.5 Å². The fourth-order valence-electron chi connectivity index (χ4n) is 7.12. The third kappa shape index (κ3) is 6.18. The van der Waals surface area contributed by atoms with Crippen molar-refractivity contribution in [1.82, 2.24) is 29.3 Å². The van der Waals surface area contributed by atoms with E-state index >= 15 is 0 Å². The lowest BCUT2D eigenvalue weighted by atomic mass is 9.90. The maximum Gasteiger partial charge on any atom is 0.351 e. The Morgan fingerprint density at radius 1 is 1.22 bits per heavy atom. The standard InChI is InChI=1S/C33H46FN7O4/c1-21-15-38(27(14-35-21)16-37-10-11-45-19-23(37)3)17-29(43)39-20-33(4,5)30-28(39)13-25(12-24-6-8-26(34)9-7-24)31-36-41(22(2)18-42)32(44)40(30)31/h6-9,13,21-23,27,35,42H,10-12,14-20H2,1-5H3/t21-,22+,23-,27-/m1/s1. The molecule has 11 nitrogen and oxygen atoms in total. The lowest BCUT2D eigenvalue weighted by Crippen LogP contribution is -2.62. The zero-order valence-corrected chi connectivity index (χ0v) is 27.0. The van der Waals surface area contributed by atoms with Crippen LogP contribution in [0.3, 0.4) is 0 Å². The van der Waals surface area contributed by atoms with E-state index in [0.717, 1.165) is 56.2 Å². The van der Waals surface area contributed by atoms with Crippen molar-refractivity contribution in [2.24, 2.45) is 0 Å². The van der Waals surface area contributed by atoms with Crippen LogP contribution in [0.5, 0.6) is 0 Å². The molecule has 0 bridgehead atoms. The van der Waals surface area contributed by atoms with E-state index in [4.69, 9.17) is 4.74 Å². The number of nitrogens with one attached hydrogen (secondary N) is 1. The number of anilines is 1. The number of fused-ring (bicyclic) bond motifs is 3. The largest absolute Gasteiger partial charge is 0.394 e. The molecule has 0 radical (unpaired) electrons. The predicted molar refractivity (Wildman–Crippen MR) is 171 cm³/mol. The number of benzene rings is 1. The van der Waals surface area contributed by atoms with Crippen LogP contribution in [0.4, 0.5) is 10.1 Å². The van der Waals surface area contributed by atoms with Crippen LogP contribution >= 0.6 is 0 Å². The van der Waals surface area contributed by atoms with Crippen LogP contribution in [0.1, 0.15) is 57.5 Å². The number of piperazine rings is 1. The van der Waals surface area contributed by atoms with E-state index in [1.165, 1.54) is 16.8 Å². The number of aliphatic hydroxyl groups is 1. The van der Waals surface area contributed by atoms with Crippen LogP contribution in [-0.4, -0.2) is 112 Å². The molecule has 3 aromatic rings. The number of aromatic nitrogens is 3. The van der Waals surface area contributed by atoms with E-state index in [0.29, 0.717) is 30.3 Å². The molecule has 6 rings (SSSR count). The second-order valence-electron chi connectivity index (χ2n) is 13.8. The number of nitrogens with zero attached hydrogens (tertiary/aromatic N) is 6. The van der Waals surface area contributed by atoms with Gasteiger partial charge in [0.1, 0.15) is 5.82 Å². The van der Waals surface area contributed by atoms with Crippen molar-refractivity contribution in [1.29, 1.82) is 0 Å². The molecule has 0 saturated carbocycles. The van der Waals surface area contributed by atoms with Gasteiger partial charge in [-0.1, -0.05) is 26.0 Å². The molecule has 2 N–H and O–H groups in total. The third-order valence-corrected chi connectivity index (χ3v) is 9.66. The number of pyridine rings is 1. The highest BCUT2D eigenvalue weighted by Crippen LogP contribution is 2.42. The van der Waals surface area contributed by atoms with Gasteiger partial charge in [-0.15, -0.1) is 5.10 Å². The van der Waals surface area contributed by atoms with Gasteiger partial charge in [-0.3, -0.25) is 14.6 Å². The number of carbonyl (C=O) groups excluding carboxylic acids is 1. The summed E-state index contributed by atoms with van der Waals surface area (Å²) < 4.78 is 22.3. The number of aliphatic hydroxyl groups excluding tert-OH is 1. The highest BCUT2D eigenvalue weighted by atomic mass is 19.1. The van der Waals surface area contributed by atoms with Gasteiger partial charge < -0.3 is 20.1 Å². The molecule has 3 aliphatic rings. The van der Waals surface area contributed by atoms with Gasteiger partial charge in [0.05, 0.1) is 43.8 Å². The van der Waals surface area contributed by atoms with E-state index in [1.807, 2.05) is 24.8 Å². The molecule has 45 heavy (non-hydrogen) atoms. The molecule has 1 aromatic carbocycles. The number of hydrogen-bond donors (Lipinski definition) is 2. The fraction of sp³-hybridized carbons (Fsp3) is 0.606. The monoisotopic (exact) mass is 623 g/mol. The molecule has 4 atom stereocenters. The van der Waals surface area contributed by atoms with Gasteiger partial charge in [-0.25, -0.2) is 18.3 Å². The Morgan fingerprint density at radius 3 is 2.69 bits per heavy atom. The van der Waals surface area contributed by atoms with Gasteiger partial charge >= 0.3 is 5.69 Å². The molecule has 3 aliphatic heterocycles. The summed E-state index contributed by atoms with van der Waals surface area (Å²) >= 11 is 0. The maximum absolute atomic E-state index is 14.3. The second-order valence-corrected chi connectivity index (χ2v) is 13.8. The summed E-state index contributed by atoms with van der Waals surface area (Å²) in [5.41, 5.74) is 2.67. The molecule has 2 saturated heterocycles. The van der Waals surface area contributed by atoms with Gasteiger partial charge in [0, 0.05) is 68.2 Å². The minimum absolute atomic E-state index is 0.00722. The van der Waals surface area contributed by atoms with E-state index in [2.05, 4.69) is 34.1 Å². The number of carbonyl (C=O) groups is 1. The van der Waals surface area contributed by atoms with Gasteiger partial charge in [0.25, 0.3) is 0 Å². The molecule has 12 heteroatoms. The molecule has 0 aliphatic carbocycles. The zero-order valence-electron chi connectivity index (χ0n) is 27.0. The number of morpholine rings is 1. The number of hydrogen-bond acceptors (Lipinski definition) is 8. The predicted octanol–water partition coefficient (Wildman–Crippen LogP) is 1.79. The Labute approximate surface area is 263 Å². The van der Waals surface area contributed by atoms with Gasteiger partial charge in [-0.2, -0.15) is 0 Å². The molecule has 0 unspecified atom stereocenters. The van der Waals surface area contributed by atoms with E-state index in [1.54, 1.807) is 23.5 Å². The summed E-state index contributed by atoms with van der Waals surface area (Å²) in [5, 5.41) is 18.2. The van der Waals surface area contributed by atoms with Crippen molar-refractivity contribution in [3.8, 4) is 0 Å². The van der Waals surface area contributed by atoms with Gasteiger partial charge in [0.2, 0.25) is 5.91 Å². The Bertz CT molecular complexity index is 1600. The highest BCUT2D eigenvalue weighted by molar-refractivity contribution is 5.97. The van der Waals surface area contributed by atoms with Gasteiger partial charge in [0.15, 0.2) is 5.65 Å². The molecule has 244 valence electrons. The molecule has 5 heterocycles. The summed E-state index contributed by atoms with van der Waals surface area (Å²) in [5.74, 6) is -0.329. The van der Waals surface area contributed by atoms with Crippen LogP contribution in [0.25, 0.3) is 5.65 Å². The van der Waals surface area contributed by atoms with E-state index in [9.17, 15) is 19.1 Å². The van der Waals surface area contributed by atoms with Crippen molar-refractivity contribution >= 4 is 17.2 Å². The maximum atomic E-state index is 14.3. The molecule has 2 aromatic heterocycles. The van der Waals surface area contributed by atoms with Gasteiger partial charge in [-0.05, 0) is 44.5 Å². The molecule has 0 spiro atoms. The Hall–Kier alpha value is -3.16. The van der Waals surface area contributed by atoms with Crippen LogP contribution in [0.2, 0.25) is 0 Å².